The maximum absolute atomic E-state index is 13.2. The molecule has 8 nitrogen and oxygen atoms in total. The molecule has 1 heterocycles. The molecule has 27 heavy (non-hydrogen) atoms. The predicted octanol–water partition coefficient (Wildman–Crippen LogP) is 3.14. The number of nitro groups is 1. The fourth-order valence-corrected chi connectivity index (χ4v) is 5.29. The molecule has 1 aliphatic carbocycles. The van der Waals surface area contributed by atoms with Crippen LogP contribution in [0.25, 0.3) is 0 Å². The highest BCUT2D eigenvalue weighted by atomic mass is 32.2. The van der Waals surface area contributed by atoms with Gasteiger partial charge in [-0.2, -0.15) is 4.31 Å². The fraction of sp³-hybridized carbons (Fsp3) is 0.667. The van der Waals surface area contributed by atoms with Gasteiger partial charge in [0.15, 0.2) is 0 Å². The molecule has 1 saturated carbocycles. The summed E-state index contributed by atoms with van der Waals surface area (Å²) < 4.78 is 32.9. The summed E-state index contributed by atoms with van der Waals surface area (Å²) in [5.74, 6) is 0. The van der Waals surface area contributed by atoms with Gasteiger partial charge in [-0.1, -0.05) is 32.1 Å². The van der Waals surface area contributed by atoms with Gasteiger partial charge in [-0.05, 0) is 18.9 Å². The number of hydrogen-bond acceptors (Lipinski definition) is 6. The van der Waals surface area contributed by atoms with Crippen LogP contribution >= 0.6 is 0 Å². The molecule has 150 valence electrons. The minimum absolute atomic E-state index is 0.0133. The number of rotatable bonds is 5. The minimum atomic E-state index is -3.83. The first-order valence-corrected chi connectivity index (χ1v) is 11.1. The van der Waals surface area contributed by atoms with Crippen LogP contribution < -0.4 is 5.32 Å². The van der Waals surface area contributed by atoms with E-state index in [0.717, 1.165) is 25.7 Å². The molecule has 9 heteroatoms. The molecule has 0 radical (unpaired) electrons. The van der Waals surface area contributed by atoms with Gasteiger partial charge in [-0.3, -0.25) is 10.1 Å². The lowest BCUT2D eigenvalue weighted by Gasteiger charge is -2.28. The minimum Gasteiger partial charge on any atom is -0.381 e. The van der Waals surface area contributed by atoms with E-state index in [1.165, 1.54) is 41.8 Å². The van der Waals surface area contributed by atoms with E-state index >= 15 is 0 Å². The summed E-state index contributed by atoms with van der Waals surface area (Å²) in [4.78, 5) is 10.6. The molecule has 2 aliphatic rings. The SMILES string of the molecule is O=[N+]([O-])c1ccc(NC2CCCCCCC2)c(S(=O)(=O)N2CCOCC2)c1. The molecule has 1 aromatic rings. The van der Waals surface area contributed by atoms with Crippen molar-refractivity contribution in [2.24, 2.45) is 0 Å². The van der Waals surface area contributed by atoms with Crippen LogP contribution in [0.5, 0.6) is 0 Å². The van der Waals surface area contributed by atoms with Crippen LogP contribution in [0.1, 0.15) is 44.9 Å². The lowest BCUT2D eigenvalue weighted by Crippen LogP contribution is -2.41. The largest absolute Gasteiger partial charge is 0.381 e. The van der Waals surface area contributed by atoms with Crippen LogP contribution in [0.4, 0.5) is 11.4 Å². The molecule has 0 bridgehead atoms. The van der Waals surface area contributed by atoms with Gasteiger partial charge in [-0.25, -0.2) is 8.42 Å². The molecular formula is C18H27N3O5S. The van der Waals surface area contributed by atoms with Gasteiger partial charge in [0, 0.05) is 31.3 Å². The zero-order chi connectivity index (χ0) is 19.3. The number of morpholine rings is 1. The monoisotopic (exact) mass is 397 g/mol. The molecule has 0 spiro atoms. The Hall–Kier alpha value is -1.71. The zero-order valence-corrected chi connectivity index (χ0v) is 16.2. The van der Waals surface area contributed by atoms with E-state index in [2.05, 4.69) is 5.32 Å². The Bertz CT molecular complexity index is 754. The van der Waals surface area contributed by atoms with Crippen LogP contribution in [0.15, 0.2) is 23.1 Å². The molecule has 1 saturated heterocycles. The Morgan fingerprint density at radius 1 is 1.07 bits per heavy atom. The molecule has 1 aromatic carbocycles. The van der Waals surface area contributed by atoms with Crippen molar-refractivity contribution in [3.8, 4) is 0 Å². The van der Waals surface area contributed by atoms with Gasteiger partial charge in [-0.15, -0.1) is 0 Å². The van der Waals surface area contributed by atoms with Crippen molar-refractivity contribution in [1.82, 2.24) is 4.31 Å². The second-order valence-corrected chi connectivity index (χ2v) is 9.05. The van der Waals surface area contributed by atoms with E-state index in [0.29, 0.717) is 18.9 Å². The normalized spacial score (nSPS) is 20.6. The zero-order valence-electron chi connectivity index (χ0n) is 15.4. The van der Waals surface area contributed by atoms with Crippen molar-refractivity contribution in [3.05, 3.63) is 28.3 Å². The van der Waals surface area contributed by atoms with Crippen molar-refractivity contribution >= 4 is 21.4 Å². The summed E-state index contributed by atoms with van der Waals surface area (Å²) in [6.45, 7) is 1.18. The van der Waals surface area contributed by atoms with Gasteiger partial charge in [0.05, 0.1) is 23.8 Å². The lowest BCUT2D eigenvalue weighted by molar-refractivity contribution is -0.385. The highest BCUT2D eigenvalue weighted by molar-refractivity contribution is 7.89. The number of anilines is 1. The van der Waals surface area contributed by atoms with E-state index in [1.807, 2.05) is 0 Å². The molecule has 1 N–H and O–H groups in total. The Balaban J connectivity index is 1.91. The van der Waals surface area contributed by atoms with Gasteiger partial charge in [0.1, 0.15) is 4.90 Å². The third-order valence-corrected chi connectivity index (χ3v) is 7.17. The average Bonchev–Trinajstić information content (AvgIpc) is 2.64. The Kier molecular flexibility index (Phi) is 6.67. The summed E-state index contributed by atoms with van der Waals surface area (Å²) in [7, 11) is -3.83. The number of benzene rings is 1. The molecule has 2 fully saturated rings. The summed E-state index contributed by atoms with van der Waals surface area (Å²) >= 11 is 0. The van der Waals surface area contributed by atoms with Crippen LogP contribution in [0.2, 0.25) is 0 Å². The van der Waals surface area contributed by atoms with Gasteiger partial charge in [0.2, 0.25) is 10.0 Å². The van der Waals surface area contributed by atoms with Crippen molar-refractivity contribution < 1.29 is 18.1 Å². The van der Waals surface area contributed by atoms with Crippen LogP contribution in [0, 0.1) is 10.1 Å². The van der Waals surface area contributed by atoms with Crippen molar-refractivity contribution in [2.45, 2.75) is 55.9 Å². The fourth-order valence-electron chi connectivity index (χ4n) is 3.70. The maximum atomic E-state index is 13.2. The molecule has 0 atom stereocenters. The van der Waals surface area contributed by atoms with Gasteiger partial charge < -0.3 is 10.1 Å². The Labute approximate surface area is 160 Å². The lowest BCUT2D eigenvalue weighted by atomic mass is 9.96. The molecule has 0 unspecified atom stereocenters. The number of sulfonamides is 1. The number of hydrogen-bond donors (Lipinski definition) is 1. The number of nitrogens with one attached hydrogen (secondary N) is 1. The number of nitro benzene ring substituents is 1. The number of ether oxygens (including phenoxy) is 1. The maximum Gasteiger partial charge on any atom is 0.270 e. The summed E-state index contributed by atoms with van der Waals surface area (Å²) in [6, 6.07) is 4.26. The van der Waals surface area contributed by atoms with Gasteiger partial charge in [0.25, 0.3) is 5.69 Å². The topological polar surface area (TPSA) is 102 Å². The summed E-state index contributed by atoms with van der Waals surface area (Å²) in [5.41, 5.74) is 0.239. The molecular weight excluding hydrogens is 370 g/mol. The van der Waals surface area contributed by atoms with E-state index in [-0.39, 0.29) is 29.7 Å². The van der Waals surface area contributed by atoms with Crippen LogP contribution in [-0.2, 0) is 14.8 Å². The second-order valence-electron chi connectivity index (χ2n) is 7.14. The average molecular weight is 397 g/mol. The molecule has 0 amide bonds. The smallest absolute Gasteiger partial charge is 0.270 e. The van der Waals surface area contributed by atoms with Crippen molar-refractivity contribution in [2.75, 3.05) is 31.6 Å². The Morgan fingerprint density at radius 3 is 2.33 bits per heavy atom. The van der Waals surface area contributed by atoms with E-state index < -0.39 is 14.9 Å². The summed E-state index contributed by atoms with van der Waals surface area (Å²) in [5, 5.41) is 14.6. The van der Waals surface area contributed by atoms with Crippen LogP contribution in [-0.4, -0.2) is 50.0 Å². The number of non-ortho nitro benzene ring substituents is 1. The van der Waals surface area contributed by atoms with E-state index in [9.17, 15) is 18.5 Å². The first-order valence-electron chi connectivity index (χ1n) is 9.61. The highest BCUT2D eigenvalue weighted by Crippen LogP contribution is 2.31. The first-order chi connectivity index (χ1) is 13.0. The molecule has 3 rings (SSSR count). The molecule has 1 aliphatic heterocycles. The first kappa shape index (κ1) is 20.0. The third kappa shape index (κ3) is 4.97. The number of nitrogens with zero attached hydrogens (tertiary/aromatic N) is 2. The second kappa shape index (κ2) is 8.99. The van der Waals surface area contributed by atoms with Gasteiger partial charge >= 0.3 is 0 Å². The Morgan fingerprint density at radius 2 is 1.70 bits per heavy atom. The standard InChI is InChI=1S/C18H27N3O5S/c22-21(23)16-8-9-17(19-15-6-4-2-1-3-5-7-15)18(14-16)27(24,25)20-10-12-26-13-11-20/h8-9,14-15,19H,1-7,10-13H2. The molecule has 0 aromatic heterocycles. The van der Waals surface area contributed by atoms with E-state index in [4.69, 9.17) is 4.74 Å². The predicted molar refractivity (Wildman–Crippen MR) is 102 cm³/mol. The van der Waals surface area contributed by atoms with Crippen molar-refractivity contribution in [3.63, 3.8) is 0 Å². The highest BCUT2D eigenvalue weighted by Gasteiger charge is 2.31. The third-order valence-electron chi connectivity index (χ3n) is 5.23. The van der Waals surface area contributed by atoms with Crippen molar-refractivity contribution in [1.29, 1.82) is 0 Å². The summed E-state index contributed by atoms with van der Waals surface area (Å²) in [6.07, 6.45) is 7.81. The van der Waals surface area contributed by atoms with E-state index in [1.54, 1.807) is 0 Å². The quantitative estimate of drug-likeness (QED) is 0.605. The van der Waals surface area contributed by atoms with Crippen LogP contribution in [0.3, 0.4) is 0 Å².